The van der Waals surface area contributed by atoms with Crippen LogP contribution in [0.5, 0.6) is 0 Å². The van der Waals surface area contributed by atoms with Crippen LogP contribution in [0.15, 0.2) is 52.8 Å². The second-order valence-electron chi connectivity index (χ2n) is 11.3. The molecule has 3 heterocycles. The number of benzene rings is 1. The minimum atomic E-state index is -1.29. The molecule has 1 aliphatic heterocycles. The molecule has 0 saturated carbocycles. The Morgan fingerprint density at radius 1 is 1.24 bits per heavy atom. The van der Waals surface area contributed by atoms with Gasteiger partial charge in [-0.2, -0.15) is 0 Å². The van der Waals surface area contributed by atoms with Crippen molar-refractivity contribution >= 4 is 52.3 Å². The van der Waals surface area contributed by atoms with Gasteiger partial charge in [0, 0.05) is 52.4 Å². The lowest BCUT2D eigenvalue weighted by molar-refractivity contribution is -0.130. The predicted molar refractivity (Wildman–Crippen MR) is 162 cm³/mol. The minimum absolute atomic E-state index is 0.139. The van der Waals surface area contributed by atoms with E-state index in [2.05, 4.69) is 36.4 Å². The van der Waals surface area contributed by atoms with Gasteiger partial charge in [0.05, 0.1) is 23.5 Å². The van der Waals surface area contributed by atoms with Gasteiger partial charge in [0.15, 0.2) is 0 Å². The molecule has 1 aromatic carbocycles. The first-order chi connectivity index (χ1) is 19.4. The topological polar surface area (TPSA) is 140 Å². The molecule has 1 spiro atoms. The van der Waals surface area contributed by atoms with E-state index in [1.807, 2.05) is 39.0 Å². The van der Waals surface area contributed by atoms with Crippen LogP contribution in [0.1, 0.15) is 56.3 Å². The molecule has 12 heteroatoms. The smallest absolute Gasteiger partial charge is 0.382 e. The third-order valence-electron chi connectivity index (χ3n) is 7.50. The molecule has 9 nitrogen and oxygen atoms in total. The number of nitrogens with zero attached hydrogens (tertiary/aromatic N) is 4. The molecular weight excluding hydrogens is 580 g/mol. The van der Waals surface area contributed by atoms with E-state index < -0.39 is 22.1 Å². The number of anilines is 2. The normalized spacial score (nSPS) is 18.5. The Balaban J connectivity index is 1.34. The van der Waals surface area contributed by atoms with Gasteiger partial charge in [0.25, 0.3) is 0 Å². The van der Waals surface area contributed by atoms with Crippen molar-refractivity contribution < 1.29 is 14.5 Å². The zero-order valence-electron chi connectivity index (χ0n) is 23.0. The zero-order chi connectivity index (χ0) is 29.4. The molecular formula is C29H31ClN6O3S2. The van der Waals surface area contributed by atoms with E-state index in [0.717, 1.165) is 48.6 Å². The molecule has 1 aliphatic carbocycles. The maximum Gasteiger partial charge on any atom is 0.382 e. The predicted octanol–water partition coefficient (Wildman–Crippen LogP) is 4.63. The highest BCUT2D eigenvalue weighted by atomic mass is 35.5. The van der Waals surface area contributed by atoms with Crippen molar-refractivity contribution in [1.82, 2.24) is 19.7 Å². The fraction of sp³-hybridized carbons (Fsp3) is 0.379. The number of rotatable bonds is 5. The number of piperidine rings is 1. The molecule has 0 unspecified atom stereocenters. The van der Waals surface area contributed by atoms with Gasteiger partial charge >= 0.3 is 5.97 Å². The average Bonchev–Trinajstić information content (AvgIpc) is 3.22. The van der Waals surface area contributed by atoms with Gasteiger partial charge in [-0.3, -0.25) is 0 Å². The SMILES string of the molecule is CC(C)(C)[S@@+]([O-])N[C@@H]1c2cc(C#CC(=O)O)ccc2CC12CCN(c1cnc(Sc3ccnc(N)c3Cl)cn1)CC2. The molecule has 41 heavy (non-hydrogen) atoms. The molecule has 0 bridgehead atoms. The Hall–Kier alpha value is -3.01. The highest BCUT2D eigenvalue weighted by Crippen LogP contribution is 2.53. The number of nitrogens with one attached hydrogen (secondary N) is 1. The Morgan fingerprint density at radius 2 is 2.00 bits per heavy atom. The van der Waals surface area contributed by atoms with Crippen LogP contribution in [-0.2, 0) is 22.6 Å². The minimum Gasteiger partial charge on any atom is -0.598 e. The highest BCUT2D eigenvalue weighted by molar-refractivity contribution is 7.99. The summed E-state index contributed by atoms with van der Waals surface area (Å²) in [4.78, 5) is 27.3. The summed E-state index contributed by atoms with van der Waals surface area (Å²) < 4.78 is 16.3. The van der Waals surface area contributed by atoms with E-state index in [9.17, 15) is 9.35 Å². The maximum atomic E-state index is 13.3. The van der Waals surface area contributed by atoms with Crippen LogP contribution >= 0.6 is 23.4 Å². The summed E-state index contributed by atoms with van der Waals surface area (Å²) in [5.74, 6) is 4.84. The van der Waals surface area contributed by atoms with Crippen LogP contribution in [-0.4, -0.2) is 48.4 Å². The van der Waals surface area contributed by atoms with Crippen molar-refractivity contribution in [2.75, 3.05) is 23.7 Å². The second kappa shape index (κ2) is 11.7. The second-order valence-corrected chi connectivity index (χ2v) is 14.7. The van der Waals surface area contributed by atoms with E-state index in [1.54, 1.807) is 24.7 Å². The van der Waals surface area contributed by atoms with Crippen LogP contribution in [0.25, 0.3) is 0 Å². The van der Waals surface area contributed by atoms with Gasteiger partial charge in [-0.25, -0.2) is 19.7 Å². The molecule has 214 valence electrons. The van der Waals surface area contributed by atoms with Gasteiger partial charge in [-0.1, -0.05) is 35.3 Å². The maximum absolute atomic E-state index is 13.3. The summed E-state index contributed by atoms with van der Waals surface area (Å²) in [6, 6.07) is 7.49. The first-order valence-corrected chi connectivity index (χ1v) is 15.5. The van der Waals surface area contributed by atoms with Crippen LogP contribution < -0.4 is 15.4 Å². The van der Waals surface area contributed by atoms with E-state index >= 15 is 0 Å². The van der Waals surface area contributed by atoms with Crippen molar-refractivity contribution in [2.45, 2.75) is 60.7 Å². The number of pyridine rings is 1. The fourth-order valence-corrected chi connectivity index (χ4v) is 7.25. The first kappa shape index (κ1) is 29.5. The number of aliphatic carboxylic acids is 1. The van der Waals surface area contributed by atoms with Gasteiger partial charge in [0.2, 0.25) is 0 Å². The Morgan fingerprint density at radius 3 is 2.66 bits per heavy atom. The van der Waals surface area contributed by atoms with Crippen molar-refractivity contribution in [3.63, 3.8) is 0 Å². The lowest BCUT2D eigenvalue weighted by atomic mass is 9.73. The number of halogens is 1. The van der Waals surface area contributed by atoms with Crippen LogP contribution in [0.4, 0.5) is 11.6 Å². The summed E-state index contributed by atoms with van der Waals surface area (Å²) in [7, 11) is 0. The van der Waals surface area contributed by atoms with Crippen LogP contribution in [0.3, 0.4) is 0 Å². The summed E-state index contributed by atoms with van der Waals surface area (Å²) >= 11 is 6.37. The number of fused-ring (bicyclic) bond motifs is 1. The summed E-state index contributed by atoms with van der Waals surface area (Å²) in [5, 5.41) is 10.1. The van der Waals surface area contributed by atoms with Gasteiger partial charge in [-0.15, -0.1) is 4.72 Å². The van der Waals surface area contributed by atoms with Gasteiger partial charge in [0.1, 0.15) is 21.4 Å². The first-order valence-electron chi connectivity index (χ1n) is 13.2. The number of carbonyl (C=O) groups is 1. The molecule has 2 aromatic heterocycles. The van der Waals surface area contributed by atoms with Crippen LogP contribution in [0, 0.1) is 17.3 Å². The van der Waals surface area contributed by atoms with Gasteiger partial charge < -0.3 is 20.3 Å². The molecule has 2 atom stereocenters. The molecule has 0 amide bonds. The monoisotopic (exact) mass is 610 g/mol. The van der Waals surface area contributed by atoms with Crippen molar-refractivity contribution in [2.24, 2.45) is 5.41 Å². The van der Waals surface area contributed by atoms with Crippen molar-refractivity contribution in [3.05, 3.63) is 64.6 Å². The highest BCUT2D eigenvalue weighted by Gasteiger charge is 2.50. The zero-order valence-corrected chi connectivity index (χ0v) is 25.4. The average molecular weight is 611 g/mol. The largest absolute Gasteiger partial charge is 0.598 e. The van der Waals surface area contributed by atoms with Crippen molar-refractivity contribution in [1.29, 1.82) is 0 Å². The van der Waals surface area contributed by atoms with E-state index in [1.165, 1.54) is 17.3 Å². The quantitative estimate of drug-likeness (QED) is 0.277. The number of aromatic nitrogens is 3. The number of carboxylic acid groups (broad SMARTS) is 1. The standard InChI is InChI=1S/C29H31ClN6O3S2/c1-28(2,3)41(39)35-26-20-14-18(5-7-24(37)38)4-6-19(20)15-29(26)9-12-36(13-10-29)22-16-34-23(17-33-22)40-21-8-11-32-27(31)25(21)30/h4,6,8,11,14,16-17,26,35H,9-10,12-13,15H2,1-3H3,(H2,31,32)(H,37,38)/t26-,41-/m1/s1. The summed E-state index contributed by atoms with van der Waals surface area (Å²) in [6.45, 7) is 7.40. The van der Waals surface area contributed by atoms with E-state index in [4.69, 9.17) is 22.4 Å². The van der Waals surface area contributed by atoms with E-state index in [-0.39, 0.29) is 17.3 Å². The molecule has 1 saturated heterocycles. The Bertz CT molecular complexity index is 1510. The fourth-order valence-electron chi connectivity index (χ4n) is 5.32. The third-order valence-corrected chi connectivity index (χ3v) is 10.6. The summed E-state index contributed by atoms with van der Waals surface area (Å²) in [5.41, 5.74) is 8.54. The van der Waals surface area contributed by atoms with Crippen molar-refractivity contribution in [3.8, 4) is 11.8 Å². The van der Waals surface area contributed by atoms with Crippen LogP contribution in [0.2, 0.25) is 5.02 Å². The van der Waals surface area contributed by atoms with E-state index in [0.29, 0.717) is 15.6 Å². The number of nitrogen functional groups attached to an aromatic ring is 1. The van der Waals surface area contributed by atoms with Gasteiger partial charge in [-0.05, 0) is 69.4 Å². The third kappa shape index (κ3) is 6.42. The number of hydrogen-bond donors (Lipinski definition) is 3. The Labute approximate surface area is 252 Å². The Kier molecular flexibility index (Phi) is 8.41. The molecule has 0 radical (unpaired) electrons. The lowest BCUT2D eigenvalue weighted by Gasteiger charge is -2.44. The number of nitrogens with two attached hydrogens (primary N) is 1. The molecule has 2 aliphatic rings. The molecule has 3 aromatic rings. The summed E-state index contributed by atoms with van der Waals surface area (Å²) in [6.07, 6.45) is 7.69. The number of hydrogen-bond acceptors (Lipinski definition) is 9. The molecule has 5 rings (SSSR count). The number of carboxylic acids is 1. The molecule has 4 N–H and O–H groups in total. The molecule has 1 fully saturated rings. The lowest BCUT2D eigenvalue weighted by Crippen LogP contribution is -2.49.